The summed E-state index contributed by atoms with van der Waals surface area (Å²) < 4.78 is 0. The summed E-state index contributed by atoms with van der Waals surface area (Å²) in [6.45, 7) is 3.10. The van der Waals surface area contributed by atoms with Crippen LogP contribution in [0.1, 0.15) is 19.8 Å². The minimum Gasteiger partial charge on any atom is -0.369 e. The number of para-hydroxylation sites is 1. The van der Waals surface area contributed by atoms with Gasteiger partial charge in [-0.05, 0) is 24.5 Å². The van der Waals surface area contributed by atoms with Gasteiger partial charge in [-0.25, -0.2) is 9.97 Å². The van der Waals surface area contributed by atoms with Gasteiger partial charge in [0.1, 0.15) is 12.1 Å². The maximum atomic E-state index is 5.80. The molecule has 0 bridgehead atoms. The van der Waals surface area contributed by atoms with E-state index < -0.39 is 0 Å². The van der Waals surface area contributed by atoms with E-state index in [-0.39, 0.29) is 0 Å². The first-order valence-corrected chi connectivity index (χ1v) is 6.88. The van der Waals surface area contributed by atoms with Crippen molar-refractivity contribution in [2.24, 2.45) is 5.92 Å². The molecule has 0 aliphatic rings. The monoisotopic (exact) mass is 263 g/mol. The summed E-state index contributed by atoms with van der Waals surface area (Å²) in [7, 11) is 0. The second kappa shape index (κ2) is 6.55. The molecule has 4 heteroatoms. The Labute approximate surface area is 113 Å². The lowest BCUT2D eigenvalue weighted by atomic mass is 10.0. The van der Waals surface area contributed by atoms with Crippen LogP contribution in [0.3, 0.4) is 0 Å². The van der Waals surface area contributed by atoms with E-state index in [4.69, 9.17) is 11.6 Å². The van der Waals surface area contributed by atoms with Crippen LogP contribution in [0.2, 0.25) is 0 Å². The summed E-state index contributed by atoms with van der Waals surface area (Å²) in [6.07, 6.45) is 3.77. The first-order valence-electron chi connectivity index (χ1n) is 6.34. The van der Waals surface area contributed by atoms with Crippen LogP contribution in [0, 0.1) is 5.92 Å². The molecule has 0 saturated carbocycles. The summed E-state index contributed by atoms with van der Waals surface area (Å²) in [6, 6.07) is 8.03. The first-order chi connectivity index (χ1) is 8.85. The highest BCUT2D eigenvalue weighted by Crippen LogP contribution is 2.19. The summed E-state index contributed by atoms with van der Waals surface area (Å²) in [5.41, 5.74) is 0.973. The molecule has 0 fully saturated rings. The first kappa shape index (κ1) is 13.1. The van der Waals surface area contributed by atoms with Crippen molar-refractivity contribution < 1.29 is 0 Å². The second-order valence-corrected chi connectivity index (χ2v) is 4.75. The molecule has 1 aromatic heterocycles. The number of hydrogen-bond acceptors (Lipinski definition) is 3. The fraction of sp³-hybridized carbons (Fsp3) is 0.429. The van der Waals surface area contributed by atoms with Crippen molar-refractivity contribution in [2.75, 3.05) is 17.7 Å². The molecule has 1 aromatic carbocycles. The molecular weight excluding hydrogens is 246 g/mol. The zero-order valence-corrected chi connectivity index (χ0v) is 11.3. The van der Waals surface area contributed by atoms with Gasteiger partial charge in [0.05, 0.1) is 5.52 Å². The summed E-state index contributed by atoms with van der Waals surface area (Å²) >= 11 is 5.80. The summed E-state index contributed by atoms with van der Waals surface area (Å²) in [5, 5.41) is 4.48. The van der Waals surface area contributed by atoms with Crippen LogP contribution >= 0.6 is 11.6 Å². The molecule has 3 nitrogen and oxygen atoms in total. The molecule has 1 atom stereocenters. The average molecular weight is 264 g/mol. The van der Waals surface area contributed by atoms with E-state index >= 15 is 0 Å². The molecule has 0 spiro atoms. The highest BCUT2D eigenvalue weighted by molar-refractivity contribution is 6.17. The van der Waals surface area contributed by atoms with Gasteiger partial charge in [-0.2, -0.15) is 0 Å². The number of hydrogen-bond donors (Lipinski definition) is 1. The van der Waals surface area contributed by atoms with Gasteiger partial charge in [-0.15, -0.1) is 11.6 Å². The lowest BCUT2D eigenvalue weighted by Gasteiger charge is -2.15. The topological polar surface area (TPSA) is 37.8 Å². The third-order valence-corrected chi connectivity index (χ3v) is 3.41. The van der Waals surface area contributed by atoms with Crippen molar-refractivity contribution in [3.05, 3.63) is 30.6 Å². The highest BCUT2D eigenvalue weighted by Gasteiger charge is 2.07. The Morgan fingerprint density at radius 1 is 1.28 bits per heavy atom. The van der Waals surface area contributed by atoms with Gasteiger partial charge in [0.25, 0.3) is 0 Å². The fourth-order valence-electron chi connectivity index (χ4n) is 1.99. The number of alkyl halides is 1. The van der Waals surface area contributed by atoms with Crippen LogP contribution in [-0.2, 0) is 0 Å². The largest absolute Gasteiger partial charge is 0.369 e. The third kappa shape index (κ3) is 3.10. The van der Waals surface area contributed by atoms with E-state index in [1.807, 2.05) is 24.3 Å². The summed E-state index contributed by atoms with van der Waals surface area (Å²) in [4.78, 5) is 8.57. The number of halogens is 1. The van der Waals surface area contributed by atoms with Gasteiger partial charge in [0.2, 0.25) is 0 Å². The predicted octanol–water partition coefficient (Wildman–Crippen LogP) is 3.70. The molecule has 1 N–H and O–H groups in total. The summed E-state index contributed by atoms with van der Waals surface area (Å²) in [5.74, 6) is 2.22. The van der Waals surface area contributed by atoms with E-state index in [2.05, 4.69) is 22.2 Å². The number of nitrogens with one attached hydrogen (secondary N) is 1. The SMILES string of the molecule is CCC(CCCl)CNc1ncnc2ccccc12. The molecule has 18 heavy (non-hydrogen) atoms. The minimum absolute atomic E-state index is 0.594. The molecule has 0 aliphatic carbocycles. The fourth-order valence-corrected chi connectivity index (χ4v) is 2.30. The van der Waals surface area contributed by atoms with Gasteiger partial charge < -0.3 is 5.32 Å². The Morgan fingerprint density at radius 2 is 2.11 bits per heavy atom. The molecule has 0 aliphatic heterocycles. The van der Waals surface area contributed by atoms with Crippen LogP contribution in [0.4, 0.5) is 5.82 Å². The molecule has 2 aromatic rings. The Balaban J connectivity index is 2.11. The van der Waals surface area contributed by atoms with E-state index in [1.165, 1.54) is 0 Å². The number of rotatable bonds is 6. The van der Waals surface area contributed by atoms with Crippen molar-refractivity contribution in [3.8, 4) is 0 Å². The normalized spacial score (nSPS) is 12.6. The zero-order chi connectivity index (χ0) is 12.8. The van der Waals surface area contributed by atoms with Gasteiger partial charge in [0.15, 0.2) is 0 Å². The molecular formula is C14H18ClN3. The average Bonchev–Trinajstić information content (AvgIpc) is 2.43. The van der Waals surface area contributed by atoms with Crippen molar-refractivity contribution in [3.63, 3.8) is 0 Å². The Kier molecular flexibility index (Phi) is 4.76. The van der Waals surface area contributed by atoms with E-state index in [9.17, 15) is 0 Å². The smallest absolute Gasteiger partial charge is 0.137 e. The van der Waals surface area contributed by atoms with Crippen molar-refractivity contribution in [1.82, 2.24) is 9.97 Å². The van der Waals surface area contributed by atoms with Crippen LogP contribution in [0.15, 0.2) is 30.6 Å². The van der Waals surface area contributed by atoms with Gasteiger partial charge in [-0.3, -0.25) is 0 Å². The van der Waals surface area contributed by atoms with Crippen molar-refractivity contribution in [2.45, 2.75) is 19.8 Å². The number of nitrogens with zero attached hydrogens (tertiary/aromatic N) is 2. The lowest BCUT2D eigenvalue weighted by Crippen LogP contribution is -2.15. The van der Waals surface area contributed by atoms with Crippen LogP contribution in [0.25, 0.3) is 10.9 Å². The van der Waals surface area contributed by atoms with Gasteiger partial charge in [0, 0.05) is 17.8 Å². The maximum Gasteiger partial charge on any atom is 0.137 e. The lowest BCUT2D eigenvalue weighted by molar-refractivity contribution is 0.521. The maximum absolute atomic E-state index is 5.80. The highest BCUT2D eigenvalue weighted by atomic mass is 35.5. The number of benzene rings is 1. The molecule has 96 valence electrons. The van der Waals surface area contributed by atoms with E-state index in [0.29, 0.717) is 11.8 Å². The molecule has 0 amide bonds. The van der Waals surface area contributed by atoms with Gasteiger partial charge in [-0.1, -0.05) is 25.5 Å². The van der Waals surface area contributed by atoms with Crippen molar-refractivity contribution >= 4 is 28.3 Å². The quantitative estimate of drug-likeness (QED) is 0.808. The third-order valence-electron chi connectivity index (χ3n) is 3.20. The van der Waals surface area contributed by atoms with Crippen LogP contribution in [0.5, 0.6) is 0 Å². The zero-order valence-electron chi connectivity index (χ0n) is 10.6. The molecule has 0 saturated heterocycles. The second-order valence-electron chi connectivity index (χ2n) is 4.37. The van der Waals surface area contributed by atoms with Crippen LogP contribution in [-0.4, -0.2) is 22.4 Å². The van der Waals surface area contributed by atoms with Crippen molar-refractivity contribution in [1.29, 1.82) is 0 Å². The molecule has 2 rings (SSSR count). The number of fused-ring (bicyclic) bond motifs is 1. The number of aromatic nitrogens is 2. The Morgan fingerprint density at radius 3 is 2.89 bits per heavy atom. The molecule has 1 heterocycles. The Hall–Kier alpha value is -1.35. The van der Waals surface area contributed by atoms with E-state index in [0.717, 1.165) is 36.1 Å². The number of anilines is 1. The predicted molar refractivity (Wildman–Crippen MR) is 77.1 cm³/mol. The molecule has 0 radical (unpaired) electrons. The van der Waals surface area contributed by atoms with E-state index in [1.54, 1.807) is 6.33 Å². The minimum atomic E-state index is 0.594. The Bertz CT molecular complexity index is 496. The van der Waals surface area contributed by atoms with Gasteiger partial charge >= 0.3 is 0 Å². The molecule has 1 unspecified atom stereocenters. The standard InChI is InChI=1S/C14H18ClN3/c1-2-11(7-8-15)9-16-14-12-5-3-4-6-13(12)17-10-18-14/h3-6,10-11H,2,7-9H2,1H3,(H,16,17,18). The van der Waals surface area contributed by atoms with Crippen LogP contribution < -0.4 is 5.32 Å².